The Morgan fingerprint density at radius 2 is 1.90 bits per heavy atom. The van der Waals surface area contributed by atoms with Gasteiger partial charge in [0.15, 0.2) is 0 Å². The van der Waals surface area contributed by atoms with E-state index in [0.29, 0.717) is 24.9 Å². The Hall–Kier alpha value is -2.14. The summed E-state index contributed by atoms with van der Waals surface area (Å²) in [4.78, 5) is 10.7. The van der Waals surface area contributed by atoms with Gasteiger partial charge in [-0.2, -0.15) is 4.98 Å². The second kappa shape index (κ2) is 6.34. The zero-order chi connectivity index (χ0) is 14.5. The molecule has 0 fully saturated rings. The Morgan fingerprint density at radius 3 is 2.50 bits per heavy atom. The third-order valence-electron chi connectivity index (χ3n) is 3.00. The number of nitrogens with two attached hydrogens (primary N) is 1. The van der Waals surface area contributed by atoms with Crippen molar-refractivity contribution in [1.29, 1.82) is 0 Å². The van der Waals surface area contributed by atoms with Crippen molar-refractivity contribution in [1.82, 2.24) is 9.97 Å². The van der Waals surface area contributed by atoms with Crippen molar-refractivity contribution in [3.8, 4) is 5.88 Å². The van der Waals surface area contributed by atoms with Crippen molar-refractivity contribution in [2.24, 2.45) is 5.73 Å². The Bertz CT molecular complexity index is 569. The van der Waals surface area contributed by atoms with Gasteiger partial charge in [-0.3, -0.25) is 0 Å². The maximum absolute atomic E-state index is 5.61. The molecule has 1 aromatic carbocycles. The zero-order valence-corrected chi connectivity index (χ0v) is 12.1. The molecule has 0 atom stereocenters. The quantitative estimate of drug-likeness (QED) is 0.905. The molecule has 1 heterocycles. The summed E-state index contributed by atoms with van der Waals surface area (Å²) in [6.07, 6.45) is 0. The van der Waals surface area contributed by atoms with Crippen LogP contribution in [-0.2, 0) is 6.54 Å². The fourth-order valence-corrected chi connectivity index (χ4v) is 1.91. The molecule has 1 aromatic heterocycles. The molecule has 0 bridgehead atoms. The van der Waals surface area contributed by atoms with Crippen LogP contribution in [0.3, 0.4) is 0 Å². The van der Waals surface area contributed by atoms with E-state index in [2.05, 4.69) is 9.97 Å². The molecule has 2 N–H and O–H groups in total. The summed E-state index contributed by atoms with van der Waals surface area (Å²) < 4.78 is 5.46. The van der Waals surface area contributed by atoms with Crippen LogP contribution in [0.25, 0.3) is 0 Å². The molecule has 5 nitrogen and oxygen atoms in total. The summed E-state index contributed by atoms with van der Waals surface area (Å²) in [6, 6.07) is 9.93. The van der Waals surface area contributed by atoms with Crippen molar-refractivity contribution < 1.29 is 4.74 Å². The van der Waals surface area contributed by atoms with E-state index in [1.807, 2.05) is 56.1 Å². The van der Waals surface area contributed by atoms with E-state index < -0.39 is 0 Å². The number of aromatic nitrogens is 2. The van der Waals surface area contributed by atoms with Gasteiger partial charge in [0, 0.05) is 25.3 Å². The van der Waals surface area contributed by atoms with Crippen LogP contribution in [0.5, 0.6) is 5.88 Å². The van der Waals surface area contributed by atoms with Crippen molar-refractivity contribution in [3.05, 3.63) is 41.7 Å². The average Bonchev–Trinajstić information content (AvgIpc) is 2.46. The summed E-state index contributed by atoms with van der Waals surface area (Å²) in [5.41, 5.74) is 7.76. The SMILES string of the molecule is CCOc1cc(N(C)c2ccc(CN)cc2)nc(C)n1. The molecule has 0 radical (unpaired) electrons. The average molecular weight is 272 g/mol. The molecule has 0 unspecified atom stereocenters. The van der Waals surface area contributed by atoms with Crippen molar-refractivity contribution >= 4 is 11.5 Å². The molecule has 0 saturated heterocycles. The van der Waals surface area contributed by atoms with Crippen LogP contribution >= 0.6 is 0 Å². The number of anilines is 2. The number of ether oxygens (including phenoxy) is 1. The summed E-state index contributed by atoms with van der Waals surface area (Å²) >= 11 is 0. The first-order chi connectivity index (χ1) is 9.63. The number of hydrogen-bond acceptors (Lipinski definition) is 5. The zero-order valence-electron chi connectivity index (χ0n) is 12.1. The minimum Gasteiger partial charge on any atom is -0.478 e. The van der Waals surface area contributed by atoms with Gasteiger partial charge in [-0.05, 0) is 31.5 Å². The fourth-order valence-electron chi connectivity index (χ4n) is 1.91. The number of benzene rings is 1. The van der Waals surface area contributed by atoms with E-state index in [9.17, 15) is 0 Å². The maximum atomic E-state index is 5.61. The van der Waals surface area contributed by atoms with Crippen LogP contribution in [0, 0.1) is 6.92 Å². The Morgan fingerprint density at radius 1 is 1.20 bits per heavy atom. The lowest BCUT2D eigenvalue weighted by Gasteiger charge is -2.19. The standard InChI is InChI=1S/C15H20N4O/c1-4-20-15-9-14(17-11(2)18-15)19(3)13-7-5-12(10-16)6-8-13/h5-9H,4,10,16H2,1-3H3. The Labute approximate surface area is 119 Å². The lowest BCUT2D eigenvalue weighted by molar-refractivity contribution is 0.325. The predicted octanol–water partition coefficient (Wildman–Crippen LogP) is 2.41. The lowest BCUT2D eigenvalue weighted by atomic mass is 10.2. The summed E-state index contributed by atoms with van der Waals surface area (Å²) in [5.74, 6) is 2.10. The van der Waals surface area contributed by atoms with Crippen LogP contribution in [0.1, 0.15) is 18.3 Å². The maximum Gasteiger partial charge on any atom is 0.218 e. The van der Waals surface area contributed by atoms with Gasteiger partial charge in [-0.1, -0.05) is 12.1 Å². The van der Waals surface area contributed by atoms with Crippen molar-refractivity contribution in [3.63, 3.8) is 0 Å². The highest BCUT2D eigenvalue weighted by Crippen LogP contribution is 2.24. The minimum atomic E-state index is 0.547. The second-order valence-corrected chi connectivity index (χ2v) is 4.47. The van der Waals surface area contributed by atoms with Crippen LogP contribution in [0.4, 0.5) is 11.5 Å². The second-order valence-electron chi connectivity index (χ2n) is 4.47. The summed E-state index contributed by atoms with van der Waals surface area (Å²) in [7, 11) is 1.97. The van der Waals surface area contributed by atoms with Crippen LogP contribution in [-0.4, -0.2) is 23.6 Å². The number of rotatable bonds is 5. The van der Waals surface area contributed by atoms with Gasteiger partial charge in [0.2, 0.25) is 5.88 Å². The molecule has 2 aromatic rings. The molecule has 0 saturated carbocycles. The van der Waals surface area contributed by atoms with E-state index in [4.69, 9.17) is 10.5 Å². The van der Waals surface area contributed by atoms with Crippen LogP contribution in [0.2, 0.25) is 0 Å². The Kier molecular flexibility index (Phi) is 4.53. The van der Waals surface area contributed by atoms with Crippen LogP contribution < -0.4 is 15.4 Å². The van der Waals surface area contributed by atoms with Gasteiger partial charge in [-0.15, -0.1) is 0 Å². The van der Waals surface area contributed by atoms with Gasteiger partial charge < -0.3 is 15.4 Å². The topological polar surface area (TPSA) is 64.3 Å². The van der Waals surface area contributed by atoms with E-state index in [0.717, 1.165) is 17.1 Å². The van der Waals surface area contributed by atoms with Gasteiger partial charge in [0.1, 0.15) is 11.6 Å². The third-order valence-corrected chi connectivity index (χ3v) is 3.00. The third kappa shape index (κ3) is 3.24. The minimum absolute atomic E-state index is 0.547. The molecular weight excluding hydrogens is 252 g/mol. The smallest absolute Gasteiger partial charge is 0.218 e. The number of aryl methyl sites for hydroxylation is 1. The molecule has 0 spiro atoms. The molecule has 0 aliphatic rings. The van der Waals surface area contributed by atoms with E-state index in [-0.39, 0.29) is 0 Å². The van der Waals surface area contributed by atoms with Gasteiger partial charge in [-0.25, -0.2) is 4.98 Å². The molecule has 106 valence electrons. The highest BCUT2D eigenvalue weighted by atomic mass is 16.5. The molecule has 20 heavy (non-hydrogen) atoms. The first-order valence-electron chi connectivity index (χ1n) is 6.65. The van der Waals surface area contributed by atoms with Gasteiger partial charge in [0.05, 0.1) is 6.61 Å². The fraction of sp³-hybridized carbons (Fsp3) is 0.333. The number of nitrogens with zero attached hydrogens (tertiary/aromatic N) is 3. The molecule has 5 heteroatoms. The van der Waals surface area contributed by atoms with Crippen molar-refractivity contribution in [2.45, 2.75) is 20.4 Å². The largest absolute Gasteiger partial charge is 0.478 e. The predicted molar refractivity (Wildman–Crippen MR) is 80.3 cm³/mol. The summed E-state index contributed by atoms with van der Waals surface area (Å²) in [5, 5.41) is 0. The van der Waals surface area contributed by atoms with E-state index in [1.165, 1.54) is 0 Å². The first kappa shape index (κ1) is 14.3. The molecule has 0 amide bonds. The Balaban J connectivity index is 2.29. The monoisotopic (exact) mass is 272 g/mol. The molecular formula is C15H20N4O. The molecule has 0 aliphatic heterocycles. The van der Waals surface area contributed by atoms with Gasteiger partial charge in [0.25, 0.3) is 0 Å². The molecule has 2 rings (SSSR count). The number of hydrogen-bond donors (Lipinski definition) is 1. The highest BCUT2D eigenvalue weighted by molar-refractivity contribution is 5.60. The molecule has 0 aliphatic carbocycles. The lowest BCUT2D eigenvalue weighted by Crippen LogP contribution is -2.13. The van der Waals surface area contributed by atoms with Crippen LogP contribution in [0.15, 0.2) is 30.3 Å². The summed E-state index contributed by atoms with van der Waals surface area (Å²) in [6.45, 7) is 4.93. The first-order valence-corrected chi connectivity index (χ1v) is 6.65. The van der Waals surface area contributed by atoms with E-state index in [1.54, 1.807) is 0 Å². The highest BCUT2D eigenvalue weighted by Gasteiger charge is 2.09. The van der Waals surface area contributed by atoms with Gasteiger partial charge >= 0.3 is 0 Å². The van der Waals surface area contributed by atoms with Crippen molar-refractivity contribution in [2.75, 3.05) is 18.6 Å². The van der Waals surface area contributed by atoms with E-state index >= 15 is 0 Å². The normalized spacial score (nSPS) is 10.4.